The maximum absolute atomic E-state index is 12.2. The minimum Gasteiger partial charge on any atom is -0.369 e. The van der Waals surface area contributed by atoms with Gasteiger partial charge < -0.3 is 11.1 Å². The van der Waals surface area contributed by atoms with Crippen LogP contribution in [0.2, 0.25) is 0 Å². The molecule has 0 radical (unpaired) electrons. The fourth-order valence-electron chi connectivity index (χ4n) is 2.67. The van der Waals surface area contributed by atoms with Gasteiger partial charge in [0.05, 0.1) is 0 Å². The second kappa shape index (κ2) is 5.87. The van der Waals surface area contributed by atoms with E-state index < -0.39 is 0 Å². The minimum atomic E-state index is -0.255. The summed E-state index contributed by atoms with van der Waals surface area (Å²) in [5.41, 5.74) is 7.00. The Kier molecular flexibility index (Phi) is 4.20. The van der Waals surface area contributed by atoms with Gasteiger partial charge in [-0.25, -0.2) is 0 Å². The van der Waals surface area contributed by atoms with Gasteiger partial charge in [0.2, 0.25) is 5.91 Å². The highest BCUT2D eigenvalue weighted by Crippen LogP contribution is 2.24. The zero-order valence-electron chi connectivity index (χ0n) is 11.2. The Labute approximate surface area is 113 Å². The number of benzene rings is 1. The lowest BCUT2D eigenvalue weighted by Crippen LogP contribution is -2.41. The molecule has 0 bridgehead atoms. The number of nitrogens with one attached hydrogen (secondary N) is 1. The molecule has 4 heteroatoms. The average Bonchev–Trinajstić information content (AvgIpc) is 2.39. The Bertz CT molecular complexity index is 485. The van der Waals surface area contributed by atoms with Crippen molar-refractivity contribution in [2.24, 2.45) is 11.7 Å². The summed E-state index contributed by atoms with van der Waals surface area (Å²) in [6.07, 6.45) is 3.35. The molecule has 2 rings (SSSR count). The first-order chi connectivity index (χ1) is 9.08. The van der Waals surface area contributed by atoms with Gasteiger partial charge in [-0.2, -0.15) is 0 Å². The number of hydrogen-bond acceptors (Lipinski definition) is 2. The van der Waals surface area contributed by atoms with E-state index >= 15 is 0 Å². The molecule has 2 amide bonds. The van der Waals surface area contributed by atoms with E-state index in [1.807, 2.05) is 31.2 Å². The van der Waals surface area contributed by atoms with Crippen LogP contribution in [0.5, 0.6) is 0 Å². The van der Waals surface area contributed by atoms with E-state index in [-0.39, 0.29) is 23.8 Å². The molecule has 1 aliphatic carbocycles. The lowest BCUT2D eigenvalue weighted by molar-refractivity contribution is -0.122. The van der Waals surface area contributed by atoms with E-state index in [0.29, 0.717) is 12.0 Å². The van der Waals surface area contributed by atoms with E-state index in [9.17, 15) is 9.59 Å². The van der Waals surface area contributed by atoms with E-state index in [1.54, 1.807) is 0 Å². The third-order valence-corrected chi connectivity index (χ3v) is 3.80. The second-order valence-corrected chi connectivity index (χ2v) is 5.25. The molecule has 2 atom stereocenters. The summed E-state index contributed by atoms with van der Waals surface area (Å²) in [5, 5.41) is 3.01. The van der Waals surface area contributed by atoms with Gasteiger partial charge in [0, 0.05) is 17.5 Å². The highest BCUT2D eigenvalue weighted by molar-refractivity contribution is 5.95. The molecule has 1 fully saturated rings. The number of carbonyl (C=O) groups excluding carboxylic acids is 2. The molecule has 0 spiro atoms. The van der Waals surface area contributed by atoms with E-state index in [4.69, 9.17) is 5.73 Å². The van der Waals surface area contributed by atoms with Gasteiger partial charge >= 0.3 is 0 Å². The lowest BCUT2D eigenvalue weighted by Gasteiger charge is -2.28. The van der Waals surface area contributed by atoms with Crippen LogP contribution in [-0.4, -0.2) is 17.9 Å². The zero-order valence-corrected chi connectivity index (χ0v) is 11.2. The second-order valence-electron chi connectivity index (χ2n) is 5.25. The number of amides is 2. The maximum Gasteiger partial charge on any atom is 0.251 e. The van der Waals surface area contributed by atoms with Gasteiger partial charge in [0.15, 0.2) is 0 Å². The molecule has 0 heterocycles. The van der Waals surface area contributed by atoms with E-state index in [1.165, 1.54) is 0 Å². The Morgan fingerprint density at radius 1 is 1.26 bits per heavy atom. The predicted octanol–water partition coefficient (Wildman–Crippen LogP) is 1.77. The zero-order chi connectivity index (χ0) is 13.8. The largest absolute Gasteiger partial charge is 0.369 e. The summed E-state index contributed by atoms with van der Waals surface area (Å²) in [7, 11) is 0. The summed E-state index contributed by atoms with van der Waals surface area (Å²) in [4.78, 5) is 23.4. The van der Waals surface area contributed by atoms with Gasteiger partial charge in [-0.15, -0.1) is 0 Å². The molecular formula is C15H20N2O2. The standard InChI is InChI=1S/C15H20N2O2/c1-10-5-2-3-8-13(10)15(19)17-12-7-4-6-11(9-12)14(16)18/h2-3,5,8,11-12H,4,6-7,9H2,1H3,(H2,16,18)(H,17,19)/t11-,12-/m1/s1. The molecular weight excluding hydrogens is 240 g/mol. The molecule has 19 heavy (non-hydrogen) atoms. The van der Waals surface area contributed by atoms with Gasteiger partial charge in [-0.05, 0) is 37.8 Å². The first-order valence-electron chi connectivity index (χ1n) is 6.73. The van der Waals surface area contributed by atoms with Crippen molar-refractivity contribution in [3.8, 4) is 0 Å². The molecule has 0 saturated heterocycles. The topological polar surface area (TPSA) is 72.2 Å². The number of aryl methyl sites for hydroxylation is 1. The van der Waals surface area contributed by atoms with Crippen molar-refractivity contribution in [1.82, 2.24) is 5.32 Å². The van der Waals surface area contributed by atoms with Crippen molar-refractivity contribution in [2.75, 3.05) is 0 Å². The van der Waals surface area contributed by atoms with Gasteiger partial charge in [0.1, 0.15) is 0 Å². The van der Waals surface area contributed by atoms with Crippen molar-refractivity contribution in [1.29, 1.82) is 0 Å². The summed E-state index contributed by atoms with van der Waals surface area (Å²) in [5.74, 6) is -0.418. The van der Waals surface area contributed by atoms with Gasteiger partial charge in [-0.1, -0.05) is 24.6 Å². The SMILES string of the molecule is Cc1ccccc1C(=O)N[C@@H]1CCC[C@@H](C(N)=O)C1. The normalized spacial score (nSPS) is 22.8. The van der Waals surface area contributed by atoms with E-state index in [0.717, 1.165) is 24.8 Å². The van der Waals surface area contributed by atoms with Crippen LogP contribution in [0.4, 0.5) is 0 Å². The third kappa shape index (κ3) is 3.34. The minimum absolute atomic E-state index is 0.0540. The number of carbonyl (C=O) groups is 2. The summed E-state index contributed by atoms with van der Waals surface area (Å²) >= 11 is 0. The molecule has 102 valence electrons. The Morgan fingerprint density at radius 3 is 2.68 bits per heavy atom. The highest BCUT2D eigenvalue weighted by atomic mass is 16.2. The molecule has 0 aliphatic heterocycles. The highest BCUT2D eigenvalue weighted by Gasteiger charge is 2.26. The van der Waals surface area contributed by atoms with Crippen molar-refractivity contribution in [2.45, 2.75) is 38.6 Å². The number of rotatable bonds is 3. The maximum atomic E-state index is 12.2. The van der Waals surface area contributed by atoms with Crippen molar-refractivity contribution in [3.63, 3.8) is 0 Å². The molecule has 1 aromatic rings. The van der Waals surface area contributed by atoms with Crippen LogP contribution in [0.1, 0.15) is 41.6 Å². The molecule has 3 N–H and O–H groups in total. The smallest absolute Gasteiger partial charge is 0.251 e. The average molecular weight is 260 g/mol. The van der Waals surface area contributed by atoms with Crippen LogP contribution < -0.4 is 11.1 Å². The number of nitrogens with two attached hydrogens (primary N) is 1. The fourth-order valence-corrected chi connectivity index (χ4v) is 2.67. The first-order valence-corrected chi connectivity index (χ1v) is 6.73. The van der Waals surface area contributed by atoms with Crippen LogP contribution >= 0.6 is 0 Å². The van der Waals surface area contributed by atoms with Crippen LogP contribution in [0.25, 0.3) is 0 Å². The molecule has 0 unspecified atom stereocenters. The number of hydrogen-bond donors (Lipinski definition) is 2. The summed E-state index contributed by atoms with van der Waals surface area (Å²) in [6, 6.07) is 7.56. The molecule has 1 aliphatic rings. The number of primary amides is 1. The van der Waals surface area contributed by atoms with Crippen LogP contribution in [0.15, 0.2) is 24.3 Å². The summed E-state index contributed by atoms with van der Waals surface area (Å²) < 4.78 is 0. The monoisotopic (exact) mass is 260 g/mol. The van der Waals surface area contributed by atoms with Crippen molar-refractivity contribution < 1.29 is 9.59 Å². The molecule has 0 aromatic heterocycles. The van der Waals surface area contributed by atoms with Crippen LogP contribution in [0, 0.1) is 12.8 Å². The predicted molar refractivity (Wildman–Crippen MR) is 73.6 cm³/mol. The Morgan fingerprint density at radius 2 is 2.00 bits per heavy atom. The lowest BCUT2D eigenvalue weighted by atomic mass is 9.85. The van der Waals surface area contributed by atoms with Crippen molar-refractivity contribution in [3.05, 3.63) is 35.4 Å². The molecule has 1 aromatic carbocycles. The molecule has 1 saturated carbocycles. The van der Waals surface area contributed by atoms with Gasteiger partial charge in [0.25, 0.3) is 5.91 Å². The summed E-state index contributed by atoms with van der Waals surface area (Å²) in [6.45, 7) is 1.92. The van der Waals surface area contributed by atoms with Crippen LogP contribution in [-0.2, 0) is 4.79 Å². The van der Waals surface area contributed by atoms with Crippen molar-refractivity contribution >= 4 is 11.8 Å². The fraction of sp³-hybridized carbons (Fsp3) is 0.467. The third-order valence-electron chi connectivity index (χ3n) is 3.80. The van der Waals surface area contributed by atoms with Gasteiger partial charge in [-0.3, -0.25) is 9.59 Å². The molecule has 4 nitrogen and oxygen atoms in total. The van der Waals surface area contributed by atoms with E-state index in [2.05, 4.69) is 5.32 Å². The first kappa shape index (κ1) is 13.6. The quantitative estimate of drug-likeness (QED) is 0.869. The Balaban J connectivity index is 1.99. The Hall–Kier alpha value is -1.84. The van der Waals surface area contributed by atoms with Crippen LogP contribution in [0.3, 0.4) is 0 Å².